The first-order valence-electron chi connectivity index (χ1n) is 7.54. The molecule has 1 aromatic carbocycles. The molecular weight excluding hydrogens is 248 g/mol. The summed E-state index contributed by atoms with van der Waals surface area (Å²) in [4.78, 5) is 13.8. The minimum Gasteiger partial charge on any atom is -0.325 e. The van der Waals surface area contributed by atoms with Crippen molar-refractivity contribution in [1.29, 1.82) is 0 Å². The minimum atomic E-state index is 0.0351. The van der Waals surface area contributed by atoms with Crippen molar-refractivity contribution in [1.82, 2.24) is 10.2 Å². The van der Waals surface area contributed by atoms with Gasteiger partial charge in [-0.1, -0.05) is 43.3 Å². The zero-order chi connectivity index (χ0) is 14.2. The number of benzene rings is 1. The van der Waals surface area contributed by atoms with Gasteiger partial charge in [0.2, 0.25) is 0 Å². The Hall–Kier alpha value is -1.77. The quantitative estimate of drug-likeness (QED) is 0.892. The van der Waals surface area contributed by atoms with Crippen molar-refractivity contribution >= 4 is 6.03 Å². The predicted molar refractivity (Wildman–Crippen MR) is 82.4 cm³/mol. The second-order valence-corrected chi connectivity index (χ2v) is 5.38. The van der Waals surface area contributed by atoms with Gasteiger partial charge in [-0.3, -0.25) is 0 Å². The number of nitrogens with one attached hydrogen (secondary N) is 1. The third kappa shape index (κ3) is 4.41. The van der Waals surface area contributed by atoms with Crippen molar-refractivity contribution in [2.24, 2.45) is 5.92 Å². The normalized spacial score (nSPS) is 16.6. The molecule has 1 fully saturated rings. The summed E-state index contributed by atoms with van der Waals surface area (Å²) in [5.74, 6) is 0.702. The van der Waals surface area contributed by atoms with Crippen molar-refractivity contribution < 1.29 is 4.79 Å². The molecule has 0 aromatic heterocycles. The fourth-order valence-corrected chi connectivity index (χ4v) is 2.63. The number of amides is 2. The zero-order valence-corrected chi connectivity index (χ0v) is 12.2. The molecule has 0 spiro atoms. The Kier molecular flexibility index (Phi) is 5.66. The van der Waals surface area contributed by atoms with Crippen molar-refractivity contribution in [3.8, 4) is 0 Å². The van der Waals surface area contributed by atoms with Gasteiger partial charge in [-0.05, 0) is 37.2 Å². The topological polar surface area (TPSA) is 32.3 Å². The highest BCUT2D eigenvalue weighted by molar-refractivity contribution is 5.75. The lowest BCUT2D eigenvalue weighted by Gasteiger charge is -2.31. The number of hydrogen-bond acceptors (Lipinski definition) is 1. The van der Waals surface area contributed by atoms with Crippen LogP contribution in [0.4, 0.5) is 4.79 Å². The van der Waals surface area contributed by atoms with E-state index in [1.807, 2.05) is 11.0 Å². The summed E-state index contributed by atoms with van der Waals surface area (Å²) in [6.45, 7) is 3.78. The number of urea groups is 1. The molecule has 2 amide bonds. The van der Waals surface area contributed by atoms with Crippen LogP contribution in [0, 0.1) is 5.92 Å². The smallest absolute Gasteiger partial charge is 0.321 e. The lowest BCUT2D eigenvalue weighted by atomic mass is 9.90. The summed E-state index contributed by atoms with van der Waals surface area (Å²) in [5.41, 5.74) is 1.40. The summed E-state index contributed by atoms with van der Waals surface area (Å²) in [5, 5.41) is 2.82. The maximum Gasteiger partial charge on any atom is 0.321 e. The molecule has 1 heterocycles. The summed E-state index contributed by atoms with van der Waals surface area (Å²) in [7, 11) is 0. The second kappa shape index (κ2) is 7.73. The van der Waals surface area contributed by atoms with Gasteiger partial charge in [-0.2, -0.15) is 0 Å². The average molecular weight is 272 g/mol. The zero-order valence-electron chi connectivity index (χ0n) is 12.2. The number of piperidine rings is 1. The number of carbonyl (C=O) groups is 1. The summed E-state index contributed by atoms with van der Waals surface area (Å²) in [6, 6.07) is 10.7. The van der Waals surface area contributed by atoms with Crippen molar-refractivity contribution in [2.75, 3.05) is 13.1 Å². The van der Waals surface area contributed by atoms with E-state index in [0.29, 0.717) is 5.92 Å². The lowest BCUT2D eigenvalue weighted by Crippen LogP contribution is -2.43. The van der Waals surface area contributed by atoms with Crippen LogP contribution in [0.1, 0.15) is 31.7 Å². The van der Waals surface area contributed by atoms with Gasteiger partial charge in [0.15, 0.2) is 0 Å². The molecule has 0 bridgehead atoms. The molecule has 0 saturated carbocycles. The van der Waals surface area contributed by atoms with Gasteiger partial charge >= 0.3 is 6.03 Å². The molecule has 1 saturated heterocycles. The van der Waals surface area contributed by atoms with Gasteiger partial charge in [0.05, 0.1) is 0 Å². The SMILES string of the molecule is CC/C=C/NC(=O)N1CCC(Cc2ccccc2)CC1. The van der Waals surface area contributed by atoms with Crippen LogP contribution in [0.2, 0.25) is 0 Å². The Morgan fingerprint density at radius 3 is 2.65 bits per heavy atom. The highest BCUT2D eigenvalue weighted by Gasteiger charge is 2.22. The van der Waals surface area contributed by atoms with Gasteiger partial charge in [0.25, 0.3) is 0 Å². The lowest BCUT2D eigenvalue weighted by molar-refractivity contribution is 0.173. The van der Waals surface area contributed by atoms with E-state index >= 15 is 0 Å². The molecule has 0 atom stereocenters. The summed E-state index contributed by atoms with van der Waals surface area (Å²) < 4.78 is 0. The van der Waals surface area contributed by atoms with Crippen LogP contribution in [-0.2, 0) is 6.42 Å². The molecule has 0 radical (unpaired) electrons. The Balaban J connectivity index is 1.75. The monoisotopic (exact) mass is 272 g/mol. The summed E-state index contributed by atoms with van der Waals surface area (Å²) >= 11 is 0. The number of likely N-dealkylation sites (tertiary alicyclic amines) is 1. The Morgan fingerprint density at radius 2 is 2.00 bits per heavy atom. The van der Waals surface area contributed by atoms with Gasteiger partial charge in [0, 0.05) is 19.3 Å². The van der Waals surface area contributed by atoms with Gasteiger partial charge in [-0.25, -0.2) is 4.79 Å². The Bertz CT molecular complexity index is 434. The second-order valence-electron chi connectivity index (χ2n) is 5.38. The molecule has 2 rings (SSSR count). The van der Waals surface area contributed by atoms with E-state index < -0.39 is 0 Å². The van der Waals surface area contributed by atoms with E-state index in [1.54, 1.807) is 6.20 Å². The number of rotatable bonds is 4. The van der Waals surface area contributed by atoms with E-state index in [-0.39, 0.29) is 6.03 Å². The number of nitrogens with zero attached hydrogens (tertiary/aromatic N) is 1. The molecule has 1 aliphatic heterocycles. The molecule has 20 heavy (non-hydrogen) atoms. The molecule has 1 aliphatic rings. The fourth-order valence-electron chi connectivity index (χ4n) is 2.63. The Labute approximate surface area is 121 Å². The van der Waals surface area contributed by atoms with Crippen molar-refractivity contribution in [3.05, 3.63) is 48.2 Å². The highest BCUT2D eigenvalue weighted by Crippen LogP contribution is 2.21. The van der Waals surface area contributed by atoms with Crippen LogP contribution in [0.5, 0.6) is 0 Å². The molecule has 3 heteroatoms. The predicted octanol–water partition coefficient (Wildman–Crippen LogP) is 3.57. The largest absolute Gasteiger partial charge is 0.325 e. The van der Waals surface area contributed by atoms with Crippen LogP contribution in [-0.4, -0.2) is 24.0 Å². The Morgan fingerprint density at radius 1 is 1.30 bits per heavy atom. The average Bonchev–Trinajstić information content (AvgIpc) is 2.49. The van der Waals surface area contributed by atoms with Crippen LogP contribution in [0.25, 0.3) is 0 Å². The van der Waals surface area contributed by atoms with Crippen LogP contribution < -0.4 is 5.32 Å². The van der Waals surface area contributed by atoms with Crippen LogP contribution >= 0.6 is 0 Å². The minimum absolute atomic E-state index is 0.0351. The first kappa shape index (κ1) is 14.6. The fraction of sp³-hybridized carbons (Fsp3) is 0.471. The molecule has 1 N–H and O–H groups in total. The maximum absolute atomic E-state index is 11.9. The summed E-state index contributed by atoms with van der Waals surface area (Å²) in [6.07, 6.45) is 7.98. The molecule has 1 aromatic rings. The van der Waals surface area contributed by atoms with Gasteiger partial charge in [-0.15, -0.1) is 0 Å². The number of allylic oxidation sites excluding steroid dienone is 1. The van der Waals surface area contributed by atoms with Crippen LogP contribution in [0.3, 0.4) is 0 Å². The highest BCUT2D eigenvalue weighted by atomic mass is 16.2. The number of carbonyl (C=O) groups excluding carboxylic acids is 1. The van der Waals surface area contributed by atoms with E-state index in [2.05, 4.69) is 42.6 Å². The van der Waals surface area contributed by atoms with E-state index in [4.69, 9.17) is 0 Å². The first-order valence-corrected chi connectivity index (χ1v) is 7.54. The third-order valence-electron chi connectivity index (χ3n) is 3.83. The number of hydrogen-bond donors (Lipinski definition) is 1. The molecule has 108 valence electrons. The standard InChI is InChI=1S/C17H24N2O/c1-2-3-11-18-17(20)19-12-9-16(10-13-19)14-15-7-5-4-6-8-15/h3-8,11,16H,2,9-10,12-14H2,1H3,(H,18,20)/b11-3+. The van der Waals surface area contributed by atoms with Crippen molar-refractivity contribution in [3.63, 3.8) is 0 Å². The molecular formula is C17H24N2O. The maximum atomic E-state index is 11.9. The molecule has 0 aliphatic carbocycles. The van der Waals surface area contributed by atoms with E-state index in [1.165, 1.54) is 5.56 Å². The molecule has 0 unspecified atom stereocenters. The molecule has 3 nitrogen and oxygen atoms in total. The van der Waals surface area contributed by atoms with Gasteiger partial charge < -0.3 is 10.2 Å². The first-order chi connectivity index (χ1) is 9.79. The van der Waals surface area contributed by atoms with Crippen LogP contribution in [0.15, 0.2) is 42.6 Å². The van der Waals surface area contributed by atoms with Crippen molar-refractivity contribution in [2.45, 2.75) is 32.6 Å². The van der Waals surface area contributed by atoms with E-state index in [9.17, 15) is 4.79 Å². The van der Waals surface area contributed by atoms with Gasteiger partial charge in [0.1, 0.15) is 0 Å². The van der Waals surface area contributed by atoms with E-state index in [0.717, 1.165) is 38.8 Å². The third-order valence-corrected chi connectivity index (χ3v) is 3.83.